The third kappa shape index (κ3) is 2.14. The van der Waals surface area contributed by atoms with Gasteiger partial charge in [-0.1, -0.05) is 12.6 Å². The van der Waals surface area contributed by atoms with Crippen LogP contribution in [0.2, 0.25) is 0 Å². The highest BCUT2D eigenvalue weighted by molar-refractivity contribution is 5.28. The third-order valence-electron chi connectivity index (χ3n) is 1.66. The third-order valence-corrected chi connectivity index (χ3v) is 1.66. The monoisotopic (exact) mass is 174 g/mol. The molecule has 1 unspecified atom stereocenters. The Morgan fingerprint density at radius 1 is 1.69 bits per heavy atom. The van der Waals surface area contributed by atoms with E-state index >= 15 is 0 Å². The highest BCUT2D eigenvalue weighted by Gasteiger charge is 2.11. The second-order valence-corrected chi connectivity index (χ2v) is 2.74. The van der Waals surface area contributed by atoms with Gasteiger partial charge in [0.05, 0.1) is 17.3 Å². The molecule has 3 heteroatoms. The normalized spacial score (nSPS) is 11.8. The number of aliphatic hydroxyl groups excluding tert-OH is 1. The number of hydrogen-bond donors (Lipinski definition) is 1. The number of nitrogens with zero attached hydrogens (tertiary/aromatic N) is 2. The largest absolute Gasteiger partial charge is 0.381 e. The molecule has 3 nitrogen and oxygen atoms in total. The molecule has 0 amide bonds. The predicted molar refractivity (Wildman–Crippen MR) is 48.7 cm³/mol. The summed E-state index contributed by atoms with van der Waals surface area (Å²) in [4.78, 5) is 4.08. The summed E-state index contributed by atoms with van der Waals surface area (Å²) in [6.07, 6.45) is -0.982. The molecule has 0 bridgehead atoms. The van der Waals surface area contributed by atoms with Crippen molar-refractivity contribution in [1.82, 2.24) is 4.98 Å². The van der Waals surface area contributed by atoms with Crippen molar-refractivity contribution < 1.29 is 5.11 Å². The molecule has 13 heavy (non-hydrogen) atoms. The summed E-state index contributed by atoms with van der Waals surface area (Å²) >= 11 is 0. The van der Waals surface area contributed by atoms with Gasteiger partial charge in [-0.2, -0.15) is 5.26 Å². The van der Waals surface area contributed by atoms with Crippen molar-refractivity contribution >= 4 is 0 Å². The molecule has 0 spiro atoms. The number of aromatic nitrogens is 1. The van der Waals surface area contributed by atoms with Crippen LogP contribution in [-0.2, 0) is 0 Å². The zero-order valence-electron chi connectivity index (χ0n) is 7.36. The molecule has 0 saturated carbocycles. The van der Waals surface area contributed by atoms with Gasteiger partial charge in [0.15, 0.2) is 0 Å². The molecule has 1 N–H and O–H groups in total. The number of aliphatic hydroxyl groups is 1. The summed E-state index contributed by atoms with van der Waals surface area (Å²) in [5.74, 6) is 0. The predicted octanol–water partition coefficient (Wildman–Crippen LogP) is 1.50. The minimum absolute atomic E-state index is 0.109. The number of pyridine rings is 1. The van der Waals surface area contributed by atoms with E-state index < -0.39 is 6.10 Å². The molecule has 1 atom stereocenters. The molecule has 1 aromatic rings. The summed E-state index contributed by atoms with van der Waals surface area (Å²) in [7, 11) is 0. The van der Waals surface area contributed by atoms with Crippen LogP contribution >= 0.6 is 0 Å². The van der Waals surface area contributed by atoms with Gasteiger partial charge >= 0.3 is 0 Å². The Hall–Kier alpha value is -1.66. The van der Waals surface area contributed by atoms with Crippen LogP contribution in [0, 0.1) is 18.3 Å². The fraction of sp³-hybridized carbons (Fsp3) is 0.200. The van der Waals surface area contributed by atoms with Gasteiger partial charge in [0.2, 0.25) is 0 Å². The Balaban J connectivity index is 2.96. The van der Waals surface area contributed by atoms with E-state index in [2.05, 4.69) is 11.6 Å². The van der Waals surface area contributed by atoms with Gasteiger partial charge in [-0.05, 0) is 19.1 Å². The molecule has 0 fully saturated rings. The van der Waals surface area contributed by atoms with E-state index in [-0.39, 0.29) is 5.57 Å². The average molecular weight is 174 g/mol. The fourth-order valence-corrected chi connectivity index (χ4v) is 0.956. The standard InChI is InChI=1S/C10H10N2O/c1-7(6-11)10(13)9-5-3-4-8(2)12-9/h3-5,10,13H,1H2,2H3. The van der Waals surface area contributed by atoms with Crippen LogP contribution in [0.4, 0.5) is 0 Å². The van der Waals surface area contributed by atoms with Crippen molar-refractivity contribution in [2.45, 2.75) is 13.0 Å². The van der Waals surface area contributed by atoms with Crippen molar-refractivity contribution in [1.29, 1.82) is 5.26 Å². The lowest BCUT2D eigenvalue weighted by molar-refractivity contribution is 0.216. The Morgan fingerprint density at radius 3 is 2.92 bits per heavy atom. The minimum Gasteiger partial charge on any atom is -0.381 e. The molecule has 1 heterocycles. The van der Waals surface area contributed by atoms with Crippen molar-refractivity contribution in [3.63, 3.8) is 0 Å². The van der Waals surface area contributed by atoms with E-state index in [0.717, 1.165) is 5.69 Å². The van der Waals surface area contributed by atoms with Crippen LogP contribution in [0.5, 0.6) is 0 Å². The van der Waals surface area contributed by atoms with Crippen LogP contribution in [-0.4, -0.2) is 10.1 Å². The lowest BCUT2D eigenvalue weighted by Gasteiger charge is -2.07. The molecule has 0 saturated heterocycles. The SMILES string of the molecule is C=C(C#N)C(O)c1cccc(C)n1. The highest BCUT2D eigenvalue weighted by Crippen LogP contribution is 2.17. The van der Waals surface area contributed by atoms with Gasteiger partial charge in [-0.25, -0.2) is 0 Å². The molecule has 1 rings (SSSR count). The Labute approximate surface area is 77.0 Å². The van der Waals surface area contributed by atoms with E-state index in [1.807, 2.05) is 13.0 Å². The van der Waals surface area contributed by atoms with Crippen molar-refractivity contribution in [3.05, 3.63) is 41.7 Å². The topological polar surface area (TPSA) is 56.9 Å². The molecule has 0 aromatic carbocycles. The first-order valence-electron chi connectivity index (χ1n) is 3.85. The number of rotatable bonds is 2. The Morgan fingerprint density at radius 2 is 2.38 bits per heavy atom. The van der Waals surface area contributed by atoms with Crippen molar-refractivity contribution in [2.75, 3.05) is 0 Å². The van der Waals surface area contributed by atoms with Crippen LogP contribution in [0.15, 0.2) is 30.4 Å². The lowest BCUT2D eigenvalue weighted by atomic mass is 10.1. The first kappa shape index (κ1) is 9.43. The smallest absolute Gasteiger partial charge is 0.130 e. The fourth-order valence-electron chi connectivity index (χ4n) is 0.956. The molecular weight excluding hydrogens is 164 g/mol. The summed E-state index contributed by atoms with van der Waals surface area (Å²) < 4.78 is 0. The van der Waals surface area contributed by atoms with E-state index in [4.69, 9.17) is 5.26 Å². The second-order valence-electron chi connectivity index (χ2n) is 2.74. The molecule has 66 valence electrons. The van der Waals surface area contributed by atoms with Gasteiger partial charge in [-0.3, -0.25) is 4.98 Å². The van der Waals surface area contributed by atoms with Gasteiger partial charge in [0, 0.05) is 5.69 Å². The maximum atomic E-state index is 9.53. The van der Waals surface area contributed by atoms with Crippen LogP contribution in [0.3, 0.4) is 0 Å². The van der Waals surface area contributed by atoms with Gasteiger partial charge < -0.3 is 5.11 Å². The molecule has 0 aliphatic rings. The molecular formula is C10H10N2O. The maximum absolute atomic E-state index is 9.53. The quantitative estimate of drug-likeness (QED) is 0.691. The van der Waals surface area contributed by atoms with Crippen molar-refractivity contribution in [3.8, 4) is 6.07 Å². The Kier molecular flexibility index (Phi) is 2.78. The van der Waals surface area contributed by atoms with Gasteiger partial charge in [0.1, 0.15) is 6.10 Å². The zero-order valence-corrected chi connectivity index (χ0v) is 7.36. The minimum atomic E-state index is -0.982. The summed E-state index contributed by atoms with van der Waals surface area (Å²) in [6.45, 7) is 5.25. The van der Waals surface area contributed by atoms with Gasteiger partial charge in [0.25, 0.3) is 0 Å². The van der Waals surface area contributed by atoms with E-state index in [0.29, 0.717) is 5.69 Å². The molecule has 1 aromatic heterocycles. The Bertz CT molecular complexity index is 365. The highest BCUT2D eigenvalue weighted by atomic mass is 16.3. The number of nitriles is 1. The van der Waals surface area contributed by atoms with Crippen LogP contribution in [0.1, 0.15) is 17.5 Å². The summed E-state index contributed by atoms with van der Waals surface area (Å²) in [6, 6.07) is 7.07. The molecule has 0 aliphatic carbocycles. The second kappa shape index (κ2) is 3.83. The average Bonchev–Trinajstić information content (AvgIpc) is 2.15. The first-order chi connectivity index (χ1) is 6.15. The summed E-state index contributed by atoms with van der Waals surface area (Å²) in [5.41, 5.74) is 1.38. The lowest BCUT2D eigenvalue weighted by Crippen LogP contribution is -2.02. The van der Waals surface area contributed by atoms with E-state index in [1.165, 1.54) is 0 Å². The van der Waals surface area contributed by atoms with Crippen LogP contribution in [0.25, 0.3) is 0 Å². The molecule has 0 radical (unpaired) electrons. The first-order valence-corrected chi connectivity index (χ1v) is 3.85. The number of aryl methyl sites for hydroxylation is 1. The maximum Gasteiger partial charge on any atom is 0.130 e. The zero-order chi connectivity index (χ0) is 9.84. The number of hydrogen-bond acceptors (Lipinski definition) is 3. The van der Waals surface area contributed by atoms with Gasteiger partial charge in [-0.15, -0.1) is 0 Å². The van der Waals surface area contributed by atoms with Crippen LogP contribution < -0.4 is 0 Å². The summed E-state index contributed by atoms with van der Waals surface area (Å²) in [5, 5.41) is 18.0. The molecule has 0 aliphatic heterocycles. The van der Waals surface area contributed by atoms with E-state index in [1.54, 1.807) is 18.2 Å². The van der Waals surface area contributed by atoms with Crippen molar-refractivity contribution in [2.24, 2.45) is 0 Å². The van der Waals surface area contributed by atoms with E-state index in [9.17, 15) is 5.11 Å².